The van der Waals surface area contributed by atoms with E-state index in [2.05, 4.69) is 33.4 Å². The van der Waals surface area contributed by atoms with Crippen LogP contribution < -0.4 is 5.32 Å². The Morgan fingerprint density at radius 2 is 2.28 bits per heavy atom. The van der Waals surface area contributed by atoms with Gasteiger partial charge in [-0.25, -0.2) is 0 Å². The van der Waals surface area contributed by atoms with Crippen LogP contribution in [0.25, 0.3) is 0 Å². The highest BCUT2D eigenvalue weighted by Crippen LogP contribution is 2.30. The molecular weight excluding hydrogens is 294 g/mol. The van der Waals surface area contributed by atoms with E-state index >= 15 is 0 Å². The van der Waals surface area contributed by atoms with Gasteiger partial charge in [-0.15, -0.1) is 0 Å². The van der Waals surface area contributed by atoms with E-state index in [9.17, 15) is 5.11 Å². The summed E-state index contributed by atoms with van der Waals surface area (Å²) in [7, 11) is 1.69. The zero-order valence-electron chi connectivity index (χ0n) is 10.7. The summed E-state index contributed by atoms with van der Waals surface area (Å²) < 4.78 is 6.10. The van der Waals surface area contributed by atoms with E-state index in [-0.39, 0.29) is 0 Å². The lowest BCUT2D eigenvalue weighted by Gasteiger charge is -2.34. The summed E-state index contributed by atoms with van der Waals surface area (Å²) in [4.78, 5) is 0. The lowest BCUT2D eigenvalue weighted by atomic mass is 9.80. The first kappa shape index (κ1) is 14.0. The number of rotatable bonds is 5. The van der Waals surface area contributed by atoms with Crippen LogP contribution in [0.4, 0.5) is 0 Å². The summed E-state index contributed by atoms with van der Waals surface area (Å²) in [5, 5.41) is 13.8. The van der Waals surface area contributed by atoms with Gasteiger partial charge in [0.25, 0.3) is 0 Å². The van der Waals surface area contributed by atoms with Crippen molar-refractivity contribution in [1.82, 2.24) is 5.32 Å². The van der Waals surface area contributed by atoms with Gasteiger partial charge in [0, 0.05) is 31.1 Å². The fraction of sp³-hybridized carbons (Fsp3) is 0.571. The maximum atomic E-state index is 10.6. The van der Waals surface area contributed by atoms with Crippen molar-refractivity contribution in [3.63, 3.8) is 0 Å². The zero-order chi connectivity index (χ0) is 13.0. The fourth-order valence-corrected chi connectivity index (χ4v) is 2.86. The molecule has 1 aliphatic rings. The van der Waals surface area contributed by atoms with Crippen LogP contribution in [0.5, 0.6) is 0 Å². The fourth-order valence-electron chi connectivity index (χ4n) is 2.46. The van der Waals surface area contributed by atoms with E-state index in [0.717, 1.165) is 30.3 Å². The van der Waals surface area contributed by atoms with E-state index in [1.54, 1.807) is 7.11 Å². The van der Waals surface area contributed by atoms with Crippen LogP contribution in [0.2, 0.25) is 0 Å². The summed E-state index contributed by atoms with van der Waals surface area (Å²) in [5.41, 5.74) is 2.00. The van der Waals surface area contributed by atoms with Gasteiger partial charge in [-0.3, -0.25) is 0 Å². The van der Waals surface area contributed by atoms with E-state index in [1.165, 1.54) is 11.1 Å². The highest BCUT2D eigenvalue weighted by molar-refractivity contribution is 9.10. The Bertz CT molecular complexity index is 411. The number of benzene rings is 1. The number of halogens is 1. The first-order chi connectivity index (χ1) is 8.63. The minimum Gasteiger partial charge on any atom is -0.388 e. The van der Waals surface area contributed by atoms with Gasteiger partial charge in [-0.2, -0.15) is 0 Å². The third-order valence-electron chi connectivity index (χ3n) is 3.48. The number of aryl methyl sites for hydroxylation is 1. The summed E-state index contributed by atoms with van der Waals surface area (Å²) in [5.74, 6) is 0. The Labute approximate surface area is 117 Å². The molecule has 1 aromatic carbocycles. The number of ether oxygens (including phenoxy) is 1. The van der Waals surface area contributed by atoms with E-state index < -0.39 is 5.60 Å². The molecule has 0 saturated heterocycles. The molecule has 0 amide bonds. The minimum atomic E-state index is -0.616. The average molecular weight is 314 g/mol. The SMILES string of the molecule is COCCNCC1(O)CCc2cc(Br)ccc2C1. The molecule has 0 heterocycles. The second-order valence-electron chi connectivity index (χ2n) is 4.98. The van der Waals surface area contributed by atoms with Crippen LogP contribution in [-0.4, -0.2) is 37.5 Å². The largest absolute Gasteiger partial charge is 0.388 e. The summed E-state index contributed by atoms with van der Waals surface area (Å²) in [6.45, 7) is 2.09. The Morgan fingerprint density at radius 3 is 3.06 bits per heavy atom. The van der Waals surface area contributed by atoms with Crippen LogP contribution in [0.3, 0.4) is 0 Å². The molecule has 0 bridgehead atoms. The van der Waals surface area contributed by atoms with Crippen LogP contribution in [0.1, 0.15) is 17.5 Å². The standard InChI is InChI=1S/C14H20BrNO2/c1-18-7-6-16-10-14(17)5-4-11-8-13(15)3-2-12(11)9-14/h2-3,8,16-17H,4-7,9-10H2,1H3. The van der Waals surface area contributed by atoms with Gasteiger partial charge in [0.1, 0.15) is 0 Å². The molecule has 4 heteroatoms. The summed E-state index contributed by atoms with van der Waals surface area (Å²) in [6.07, 6.45) is 2.49. The normalized spacial score (nSPS) is 22.8. The van der Waals surface area contributed by atoms with Gasteiger partial charge < -0.3 is 15.2 Å². The molecule has 0 radical (unpaired) electrons. The van der Waals surface area contributed by atoms with Crippen molar-refractivity contribution in [2.75, 3.05) is 26.8 Å². The highest BCUT2D eigenvalue weighted by atomic mass is 79.9. The predicted molar refractivity (Wildman–Crippen MR) is 75.9 cm³/mol. The Morgan fingerprint density at radius 1 is 1.44 bits per heavy atom. The second kappa shape index (κ2) is 6.15. The maximum absolute atomic E-state index is 10.6. The van der Waals surface area contributed by atoms with Gasteiger partial charge in [0.05, 0.1) is 12.2 Å². The van der Waals surface area contributed by atoms with Crippen LogP contribution in [-0.2, 0) is 17.6 Å². The Kier molecular flexibility index (Phi) is 4.78. The Hall–Kier alpha value is -0.420. The van der Waals surface area contributed by atoms with Crippen LogP contribution in [0.15, 0.2) is 22.7 Å². The quantitative estimate of drug-likeness (QED) is 0.816. The van der Waals surface area contributed by atoms with Crippen molar-refractivity contribution in [2.24, 2.45) is 0 Å². The molecule has 1 unspecified atom stereocenters. The van der Waals surface area contributed by atoms with Crippen molar-refractivity contribution < 1.29 is 9.84 Å². The highest BCUT2D eigenvalue weighted by Gasteiger charge is 2.31. The molecule has 0 aliphatic heterocycles. The first-order valence-corrected chi connectivity index (χ1v) is 7.12. The monoisotopic (exact) mass is 313 g/mol. The number of hydrogen-bond donors (Lipinski definition) is 2. The van der Waals surface area contributed by atoms with Crippen molar-refractivity contribution in [1.29, 1.82) is 0 Å². The summed E-state index contributed by atoms with van der Waals surface area (Å²) >= 11 is 3.49. The molecule has 0 aromatic heterocycles. The topological polar surface area (TPSA) is 41.5 Å². The molecule has 3 nitrogen and oxygen atoms in total. The predicted octanol–water partition coefficient (Wildman–Crippen LogP) is 1.90. The molecule has 0 spiro atoms. The average Bonchev–Trinajstić information content (AvgIpc) is 2.35. The lowest BCUT2D eigenvalue weighted by molar-refractivity contribution is 0.0255. The number of aliphatic hydroxyl groups is 1. The number of hydrogen-bond acceptors (Lipinski definition) is 3. The molecular formula is C14H20BrNO2. The molecule has 100 valence electrons. The number of fused-ring (bicyclic) bond motifs is 1. The van der Waals surface area contributed by atoms with E-state index in [1.807, 2.05) is 6.07 Å². The molecule has 18 heavy (non-hydrogen) atoms. The second-order valence-corrected chi connectivity index (χ2v) is 5.90. The maximum Gasteiger partial charge on any atom is 0.0814 e. The van der Waals surface area contributed by atoms with Crippen molar-refractivity contribution in [2.45, 2.75) is 24.9 Å². The van der Waals surface area contributed by atoms with Gasteiger partial charge in [0.2, 0.25) is 0 Å². The lowest BCUT2D eigenvalue weighted by Crippen LogP contribution is -2.45. The Balaban J connectivity index is 1.95. The number of methoxy groups -OCH3 is 1. The van der Waals surface area contributed by atoms with E-state index in [0.29, 0.717) is 13.2 Å². The van der Waals surface area contributed by atoms with Crippen LogP contribution >= 0.6 is 15.9 Å². The molecule has 0 saturated carbocycles. The molecule has 2 rings (SSSR count). The van der Waals surface area contributed by atoms with Crippen molar-refractivity contribution >= 4 is 15.9 Å². The minimum absolute atomic E-state index is 0.616. The molecule has 1 aliphatic carbocycles. The van der Waals surface area contributed by atoms with Crippen molar-refractivity contribution in [3.8, 4) is 0 Å². The van der Waals surface area contributed by atoms with Gasteiger partial charge >= 0.3 is 0 Å². The summed E-state index contributed by atoms with van der Waals surface area (Å²) in [6, 6.07) is 6.31. The first-order valence-electron chi connectivity index (χ1n) is 6.32. The zero-order valence-corrected chi connectivity index (χ0v) is 12.3. The number of nitrogens with one attached hydrogen (secondary N) is 1. The third kappa shape index (κ3) is 3.54. The van der Waals surface area contributed by atoms with Gasteiger partial charge in [0.15, 0.2) is 0 Å². The molecule has 1 atom stereocenters. The molecule has 0 fully saturated rings. The molecule has 2 N–H and O–H groups in total. The van der Waals surface area contributed by atoms with Crippen LogP contribution in [0, 0.1) is 0 Å². The molecule has 1 aromatic rings. The smallest absolute Gasteiger partial charge is 0.0814 e. The third-order valence-corrected chi connectivity index (χ3v) is 3.98. The van der Waals surface area contributed by atoms with Gasteiger partial charge in [-0.1, -0.05) is 22.0 Å². The van der Waals surface area contributed by atoms with Gasteiger partial charge in [-0.05, 0) is 36.1 Å². The van der Waals surface area contributed by atoms with E-state index in [4.69, 9.17) is 4.74 Å². The van der Waals surface area contributed by atoms with Crippen molar-refractivity contribution in [3.05, 3.63) is 33.8 Å².